The van der Waals surface area contributed by atoms with Gasteiger partial charge in [-0.15, -0.1) is 0 Å². The van der Waals surface area contributed by atoms with E-state index in [2.05, 4.69) is 17.4 Å². The Morgan fingerprint density at radius 3 is 2.78 bits per heavy atom. The van der Waals surface area contributed by atoms with Crippen LogP contribution in [-0.2, 0) is 11.3 Å². The third-order valence-corrected chi connectivity index (χ3v) is 4.83. The molecule has 2 atom stereocenters. The normalized spacial score (nSPS) is 19.4. The summed E-state index contributed by atoms with van der Waals surface area (Å²) in [6, 6.07) is 14.1. The summed E-state index contributed by atoms with van der Waals surface area (Å²) in [4.78, 5) is 23.9. The third-order valence-electron chi connectivity index (χ3n) is 4.52. The Morgan fingerprint density at radius 1 is 1.30 bits per heavy atom. The molecule has 2 N–H and O–H groups in total. The van der Waals surface area contributed by atoms with E-state index >= 15 is 0 Å². The molecule has 142 valence electrons. The summed E-state index contributed by atoms with van der Waals surface area (Å²) in [5.41, 5.74) is 1.34. The van der Waals surface area contributed by atoms with E-state index < -0.39 is 4.92 Å². The van der Waals surface area contributed by atoms with Crippen LogP contribution in [0.2, 0.25) is 5.02 Å². The van der Waals surface area contributed by atoms with E-state index in [1.54, 1.807) is 0 Å². The van der Waals surface area contributed by atoms with Crippen LogP contribution in [0.4, 0.5) is 5.69 Å². The van der Waals surface area contributed by atoms with Gasteiger partial charge in [-0.1, -0.05) is 41.9 Å². The quantitative estimate of drug-likeness (QED) is 0.577. The largest absolute Gasteiger partial charge is 0.365 e. The van der Waals surface area contributed by atoms with Crippen molar-refractivity contribution in [3.63, 3.8) is 0 Å². The summed E-state index contributed by atoms with van der Waals surface area (Å²) in [5.74, 6) is -0.367. The second kappa shape index (κ2) is 8.94. The molecule has 27 heavy (non-hydrogen) atoms. The Bertz CT molecular complexity index is 816. The molecule has 0 spiro atoms. The van der Waals surface area contributed by atoms with Crippen LogP contribution in [0.25, 0.3) is 0 Å². The van der Waals surface area contributed by atoms with Crippen LogP contribution < -0.4 is 10.2 Å². The second-order valence-electron chi connectivity index (χ2n) is 6.49. The van der Waals surface area contributed by atoms with Crippen molar-refractivity contribution >= 4 is 23.2 Å². The Balaban J connectivity index is 1.53. The minimum atomic E-state index is -0.548. The van der Waals surface area contributed by atoms with Gasteiger partial charge in [0.05, 0.1) is 22.1 Å². The highest BCUT2D eigenvalue weighted by Crippen LogP contribution is 2.22. The summed E-state index contributed by atoms with van der Waals surface area (Å²) in [6.07, 6.45) is -0.0850. The fraction of sp³-hybridized carbons (Fsp3) is 0.316. The Labute approximate surface area is 162 Å². The fourth-order valence-electron chi connectivity index (χ4n) is 3.13. The molecule has 0 aliphatic carbocycles. The molecule has 2 aromatic rings. The van der Waals surface area contributed by atoms with Gasteiger partial charge in [0, 0.05) is 24.2 Å². The van der Waals surface area contributed by atoms with Gasteiger partial charge in [-0.05, 0) is 6.07 Å². The van der Waals surface area contributed by atoms with Crippen LogP contribution >= 0.6 is 11.6 Å². The molecule has 0 radical (unpaired) electrons. The number of morpholine rings is 1. The van der Waals surface area contributed by atoms with E-state index in [1.165, 1.54) is 28.7 Å². The van der Waals surface area contributed by atoms with Crippen LogP contribution in [0, 0.1) is 10.1 Å². The number of nitro groups is 1. The van der Waals surface area contributed by atoms with E-state index in [4.69, 9.17) is 16.3 Å². The number of ether oxygens (including phenoxy) is 1. The van der Waals surface area contributed by atoms with E-state index in [9.17, 15) is 14.9 Å². The van der Waals surface area contributed by atoms with Gasteiger partial charge in [0.15, 0.2) is 0 Å². The summed E-state index contributed by atoms with van der Waals surface area (Å²) in [7, 11) is 0. The van der Waals surface area contributed by atoms with Crippen molar-refractivity contribution in [2.45, 2.75) is 12.6 Å². The average molecular weight is 391 g/mol. The third kappa shape index (κ3) is 5.26. The summed E-state index contributed by atoms with van der Waals surface area (Å²) in [5, 5.41) is 13.6. The number of carbonyl (C=O) groups excluding carboxylic acids is 1. The van der Waals surface area contributed by atoms with E-state index in [0.29, 0.717) is 13.2 Å². The molecule has 1 unspecified atom stereocenters. The van der Waals surface area contributed by atoms with Crippen LogP contribution in [0.5, 0.6) is 0 Å². The molecular weight excluding hydrogens is 370 g/mol. The fourth-order valence-corrected chi connectivity index (χ4v) is 3.39. The van der Waals surface area contributed by atoms with Gasteiger partial charge in [-0.3, -0.25) is 14.9 Å². The van der Waals surface area contributed by atoms with Crippen LogP contribution in [-0.4, -0.2) is 43.2 Å². The Morgan fingerprint density at radius 2 is 2.07 bits per heavy atom. The summed E-state index contributed by atoms with van der Waals surface area (Å²) in [6.45, 7) is 3.64. The molecule has 1 heterocycles. The lowest BCUT2D eigenvalue weighted by atomic mass is 10.1. The highest BCUT2D eigenvalue weighted by atomic mass is 35.5. The first kappa shape index (κ1) is 19.3. The van der Waals surface area contributed by atoms with Gasteiger partial charge < -0.3 is 15.0 Å². The molecule has 0 saturated carbocycles. The minimum Gasteiger partial charge on any atom is -0.365 e. The van der Waals surface area contributed by atoms with Crippen molar-refractivity contribution in [2.75, 3.05) is 26.2 Å². The number of non-ortho nitro benzene ring substituents is 1. The van der Waals surface area contributed by atoms with Crippen molar-refractivity contribution in [3.05, 3.63) is 74.8 Å². The predicted molar refractivity (Wildman–Crippen MR) is 101 cm³/mol. The van der Waals surface area contributed by atoms with E-state index in [-0.39, 0.29) is 28.3 Å². The average Bonchev–Trinajstić information content (AvgIpc) is 2.67. The number of amides is 1. The molecule has 1 saturated heterocycles. The standard InChI is InChI=1S/C19H20ClN3O4/c20-18-10-15(23(25)26)6-7-17(18)19(24)21-11-16-13-22(8-9-27-16)12-14-4-2-1-3-5-14/h1-7,10,16H,8-9,11-13H2,(H,21,24)/p+1/t16-/m0/s1. The molecular formula is C19H21ClN3O4+. The number of halogens is 1. The lowest BCUT2D eigenvalue weighted by molar-refractivity contribution is -0.925. The molecule has 1 aliphatic heterocycles. The first-order valence-corrected chi connectivity index (χ1v) is 9.12. The lowest BCUT2D eigenvalue weighted by Crippen LogP contribution is -3.13. The van der Waals surface area contributed by atoms with Gasteiger partial charge in [-0.25, -0.2) is 0 Å². The monoisotopic (exact) mass is 390 g/mol. The van der Waals surface area contributed by atoms with Crippen molar-refractivity contribution in [2.24, 2.45) is 0 Å². The highest BCUT2D eigenvalue weighted by molar-refractivity contribution is 6.34. The molecule has 8 heteroatoms. The van der Waals surface area contributed by atoms with E-state index in [1.807, 2.05) is 18.2 Å². The van der Waals surface area contributed by atoms with Crippen LogP contribution in [0.3, 0.4) is 0 Å². The molecule has 3 rings (SSSR count). The van der Waals surface area contributed by atoms with Gasteiger partial charge in [0.2, 0.25) is 0 Å². The number of hydrogen-bond donors (Lipinski definition) is 2. The molecule has 2 aromatic carbocycles. The van der Waals surface area contributed by atoms with Gasteiger partial charge in [0.25, 0.3) is 11.6 Å². The molecule has 1 amide bonds. The number of rotatable bonds is 6. The number of quaternary nitrogens is 1. The first-order valence-electron chi connectivity index (χ1n) is 8.74. The van der Waals surface area contributed by atoms with Crippen molar-refractivity contribution in [1.82, 2.24) is 5.32 Å². The first-order chi connectivity index (χ1) is 13.0. The molecule has 0 bridgehead atoms. The van der Waals surface area contributed by atoms with Crippen molar-refractivity contribution in [1.29, 1.82) is 0 Å². The molecule has 0 aromatic heterocycles. The maximum Gasteiger partial charge on any atom is 0.270 e. The van der Waals surface area contributed by atoms with Gasteiger partial charge >= 0.3 is 0 Å². The molecule has 1 aliphatic rings. The second-order valence-corrected chi connectivity index (χ2v) is 6.90. The number of nitrogens with zero attached hydrogens (tertiary/aromatic N) is 1. The zero-order valence-electron chi connectivity index (χ0n) is 14.7. The van der Waals surface area contributed by atoms with Crippen LogP contribution in [0.1, 0.15) is 15.9 Å². The maximum atomic E-state index is 12.3. The van der Waals surface area contributed by atoms with Crippen molar-refractivity contribution in [3.8, 4) is 0 Å². The smallest absolute Gasteiger partial charge is 0.270 e. The maximum absolute atomic E-state index is 12.3. The molecule has 1 fully saturated rings. The lowest BCUT2D eigenvalue weighted by Gasteiger charge is -2.30. The van der Waals surface area contributed by atoms with Crippen molar-refractivity contribution < 1.29 is 19.4 Å². The minimum absolute atomic E-state index is 0.0580. The summed E-state index contributed by atoms with van der Waals surface area (Å²) < 4.78 is 5.76. The summed E-state index contributed by atoms with van der Waals surface area (Å²) >= 11 is 6.00. The zero-order chi connectivity index (χ0) is 19.2. The van der Waals surface area contributed by atoms with Gasteiger partial charge in [-0.2, -0.15) is 0 Å². The van der Waals surface area contributed by atoms with Gasteiger partial charge in [0.1, 0.15) is 25.7 Å². The number of nitro benzene ring substituents is 1. The topological polar surface area (TPSA) is 85.9 Å². The number of nitrogens with one attached hydrogen (secondary N) is 2. The zero-order valence-corrected chi connectivity index (χ0v) is 15.4. The number of benzene rings is 2. The molecule has 7 nitrogen and oxygen atoms in total. The predicted octanol–water partition coefficient (Wildman–Crippen LogP) is 1.46. The number of hydrogen-bond acceptors (Lipinski definition) is 4. The van der Waals surface area contributed by atoms with Crippen LogP contribution in [0.15, 0.2) is 48.5 Å². The SMILES string of the molecule is O=C(NC[C@H]1C[NH+](Cc2ccccc2)CCO1)c1ccc([N+](=O)[O-])cc1Cl. The number of carbonyl (C=O) groups is 1. The van der Waals surface area contributed by atoms with E-state index in [0.717, 1.165) is 19.6 Å². The Hall–Kier alpha value is -2.48. The Kier molecular flexibility index (Phi) is 6.39. The highest BCUT2D eigenvalue weighted by Gasteiger charge is 2.25.